The second kappa shape index (κ2) is 18.5. The van der Waals surface area contributed by atoms with Crippen molar-refractivity contribution in [2.24, 2.45) is 0 Å². The molecular formula is C40H46Cl2Ti2. The van der Waals surface area contributed by atoms with Crippen molar-refractivity contribution in [2.75, 3.05) is 0 Å². The number of halogens is 2. The summed E-state index contributed by atoms with van der Waals surface area (Å²) < 4.78 is 4.00. The van der Waals surface area contributed by atoms with Crippen molar-refractivity contribution in [1.82, 2.24) is 0 Å². The maximum atomic E-state index is 2.35. The normalized spacial score (nSPS) is 14.8. The van der Waals surface area contributed by atoms with Crippen LogP contribution < -0.4 is 24.8 Å². The Morgan fingerprint density at radius 3 is 1.02 bits per heavy atom. The Balaban J connectivity index is 0.000000360. The summed E-state index contributed by atoms with van der Waals surface area (Å²) in [5.41, 5.74) is 20.4. The minimum Gasteiger partial charge on any atom is -1.00 e. The van der Waals surface area contributed by atoms with Gasteiger partial charge in [-0.15, -0.1) is 11.1 Å². The van der Waals surface area contributed by atoms with Crippen LogP contribution >= 0.6 is 0 Å². The minimum absolute atomic E-state index is 0. The summed E-state index contributed by atoms with van der Waals surface area (Å²) in [7, 11) is 0. The molecule has 6 rings (SSSR count). The third kappa shape index (κ3) is 8.39. The summed E-state index contributed by atoms with van der Waals surface area (Å²) in [6.07, 6.45) is 9.21. The molecule has 0 N–H and O–H groups in total. The monoisotopic (exact) mass is 692 g/mol. The van der Waals surface area contributed by atoms with Gasteiger partial charge in [0.25, 0.3) is 0 Å². The van der Waals surface area contributed by atoms with Crippen LogP contribution in [0, 0.1) is 55.4 Å². The number of fused-ring (bicyclic) bond motifs is 2. The molecule has 4 aromatic carbocycles. The first-order valence-electron chi connectivity index (χ1n) is 15.0. The smallest absolute Gasteiger partial charge is 0.0168 e. The molecule has 4 aromatic rings. The zero-order valence-electron chi connectivity index (χ0n) is 28.0. The van der Waals surface area contributed by atoms with Crippen LogP contribution in [0.15, 0.2) is 60.7 Å². The summed E-state index contributed by atoms with van der Waals surface area (Å²) in [5, 5.41) is 0. The average Bonchev–Trinajstić information content (AvgIpc) is 3.69. The maximum absolute atomic E-state index is 2.35. The summed E-state index contributed by atoms with van der Waals surface area (Å²) >= 11 is 4.00. The van der Waals surface area contributed by atoms with E-state index < -0.39 is 0 Å². The molecule has 0 spiro atoms. The Hall–Kier alpha value is -1.63. The number of hydrogen-bond acceptors (Lipinski definition) is 0. The largest absolute Gasteiger partial charge is 1.00 e. The van der Waals surface area contributed by atoms with Crippen LogP contribution in [0.4, 0.5) is 0 Å². The van der Waals surface area contributed by atoms with E-state index in [4.69, 9.17) is 0 Å². The fraction of sp³-hybridized carbons (Fsp3) is 0.300. The SMILES string of the molecule is C[CH]=[Ti+2].C[CH]=[Ti+2].Cc1c(C)c(C)[c-](C2C=Cc3ccccc32)c1C.Cc1c(C)c(C)[c-](C2C=Cc3ccccc32)c1C.[Cl-].[Cl-]. The molecule has 2 atom stereocenters. The maximum Gasteiger partial charge on any atom is -0.0168 e. The standard InChI is InChI=1S/2C18H19.2C2H4.2ClH.2Ti/c2*1-11-12(2)14(4)18(13(11)3)17-10-9-15-7-5-6-8-16(15)17;2*1-2;;;;/h2*5-10,17H,1-4H3;2*1H,2H3;2*1H;;/q2*-1;;;;;2*+2/p-2. The predicted molar refractivity (Wildman–Crippen MR) is 180 cm³/mol. The molecule has 0 aromatic heterocycles. The molecule has 2 aliphatic rings. The fourth-order valence-corrected chi connectivity index (χ4v) is 6.43. The molecule has 0 saturated heterocycles. The van der Waals surface area contributed by atoms with Gasteiger partial charge in [-0.3, -0.25) is 0 Å². The predicted octanol–water partition coefficient (Wildman–Crippen LogP) is 4.31. The molecule has 0 aliphatic heterocycles. The molecule has 0 nitrogen and oxygen atoms in total. The third-order valence-corrected chi connectivity index (χ3v) is 9.21. The first-order valence-corrected chi connectivity index (χ1v) is 16.8. The second-order valence-electron chi connectivity index (χ2n) is 11.3. The molecule has 44 heavy (non-hydrogen) atoms. The summed E-state index contributed by atoms with van der Waals surface area (Å²) in [6, 6.07) is 17.5. The second-order valence-corrected chi connectivity index (χ2v) is 13.1. The van der Waals surface area contributed by atoms with Gasteiger partial charge in [-0.25, -0.2) is 0 Å². The minimum atomic E-state index is 0. The van der Waals surface area contributed by atoms with Crippen molar-refractivity contribution >= 4 is 20.8 Å². The topological polar surface area (TPSA) is 0 Å². The fourth-order valence-electron chi connectivity index (χ4n) is 6.43. The van der Waals surface area contributed by atoms with E-state index in [0.29, 0.717) is 11.8 Å². The van der Waals surface area contributed by atoms with E-state index in [-0.39, 0.29) is 24.8 Å². The van der Waals surface area contributed by atoms with Gasteiger partial charge in [0.15, 0.2) is 0 Å². The third-order valence-electron chi connectivity index (χ3n) is 9.21. The quantitative estimate of drug-likeness (QED) is 0.217. The van der Waals surface area contributed by atoms with Crippen LogP contribution in [0.2, 0.25) is 0 Å². The molecule has 228 valence electrons. The summed E-state index contributed by atoms with van der Waals surface area (Å²) in [5.74, 6) is 0.905. The van der Waals surface area contributed by atoms with Gasteiger partial charge < -0.3 is 24.8 Å². The summed E-state index contributed by atoms with van der Waals surface area (Å²) in [6.45, 7) is 22.0. The van der Waals surface area contributed by atoms with Crippen molar-refractivity contribution in [1.29, 1.82) is 0 Å². The van der Waals surface area contributed by atoms with E-state index in [1.807, 2.05) is 62.4 Å². The first-order chi connectivity index (χ1) is 20.0. The van der Waals surface area contributed by atoms with Gasteiger partial charge in [-0.1, -0.05) is 128 Å². The van der Waals surface area contributed by atoms with Crippen LogP contribution in [-0.4, -0.2) is 8.63 Å². The van der Waals surface area contributed by atoms with Crippen LogP contribution in [-0.2, 0) is 39.9 Å². The van der Waals surface area contributed by atoms with E-state index in [9.17, 15) is 0 Å². The zero-order chi connectivity index (χ0) is 31.1. The molecule has 4 heteroatoms. The first kappa shape index (κ1) is 40.4. The molecule has 2 aliphatic carbocycles. The van der Waals surface area contributed by atoms with Crippen molar-refractivity contribution < 1.29 is 64.8 Å². The Morgan fingerprint density at radius 1 is 0.500 bits per heavy atom. The Kier molecular flexibility index (Phi) is 17.0. The molecular weight excluding hydrogens is 647 g/mol. The van der Waals surface area contributed by atoms with Crippen LogP contribution in [0.5, 0.6) is 0 Å². The van der Waals surface area contributed by atoms with E-state index >= 15 is 0 Å². The van der Waals surface area contributed by atoms with Crippen LogP contribution in [0.3, 0.4) is 0 Å². The van der Waals surface area contributed by atoms with E-state index in [1.165, 1.54) is 77.9 Å². The number of allylic oxidation sites excluding steroid dienone is 2. The van der Waals surface area contributed by atoms with Crippen LogP contribution in [0.25, 0.3) is 12.2 Å². The Bertz CT molecular complexity index is 1450. The van der Waals surface area contributed by atoms with E-state index in [0.717, 1.165) is 0 Å². The average molecular weight is 693 g/mol. The summed E-state index contributed by atoms with van der Waals surface area (Å²) in [4.78, 5) is 0. The molecule has 0 heterocycles. The van der Waals surface area contributed by atoms with E-state index in [2.05, 4.69) is 128 Å². The van der Waals surface area contributed by atoms with Crippen LogP contribution in [0.1, 0.15) is 104 Å². The number of hydrogen-bond donors (Lipinski definition) is 0. The zero-order valence-corrected chi connectivity index (χ0v) is 32.6. The Labute approximate surface area is 302 Å². The van der Waals surface area contributed by atoms with Gasteiger partial charge in [0, 0.05) is 0 Å². The number of benzene rings is 2. The van der Waals surface area contributed by atoms with Gasteiger partial charge >= 0.3 is 62.4 Å². The van der Waals surface area contributed by atoms with Crippen molar-refractivity contribution in [3.8, 4) is 0 Å². The van der Waals surface area contributed by atoms with Crippen molar-refractivity contribution in [3.63, 3.8) is 0 Å². The van der Waals surface area contributed by atoms with Gasteiger partial charge in [0.1, 0.15) is 0 Å². The molecule has 2 unspecified atom stereocenters. The molecule has 0 amide bonds. The molecule has 0 fully saturated rings. The van der Waals surface area contributed by atoms with Gasteiger partial charge in [0.2, 0.25) is 0 Å². The molecule has 0 radical (unpaired) electrons. The van der Waals surface area contributed by atoms with Crippen molar-refractivity contribution in [3.05, 3.63) is 139 Å². The number of rotatable bonds is 2. The van der Waals surface area contributed by atoms with Crippen molar-refractivity contribution in [2.45, 2.75) is 81.1 Å². The molecule has 0 saturated carbocycles. The molecule has 0 bridgehead atoms. The van der Waals surface area contributed by atoms with E-state index in [1.54, 1.807) is 0 Å². The Morgan fingerprint density at radius 2 is 0.750 bits per heavy atom. The van der Waals surface area contributed by atoms with Gasteiger partial charge in [-0.05, 0) is 34.1 Å². The van der Waals surface area contributed by atoms with Gasteiger partial charge in [0.05, 0.1) is 0 Å². The van der Waals surface area contributed by atoms with Gasteiger partial charge in [-0.2, -0.15) is 44.5 Å².